The molecule has 0 radical (unpaired) electrons. The summed E-state index contributed by atoms with van der Waals surface area (Å²) in [6.07, 6.45) is 0. The molecule has 2 aromatic carbocycles. The molecule has 1 aromatic heterocycles. The van der Waals surface area contributed by atoms with Crippen LogP contribution < -0.4 is 11.1 Å². The summed E-state index contributed by atoms with van der Waals surface area (Å²) in [6.45, 7) is 2.43. The number of anilines is 1. The molecule has 1 amide bonds. The predicted octanol–water partition coefficient (Wildman–Crippen LogP) is 3.45. The van der Waals surface area contributed by atoms with Gasteiger partial charge < -0.3 is 15.5 Å². The molecule has 4 nitrogen and oxygen atoms in total. The van der Waals surface area contributed by atoms with Crippen molar-refractivity contribution in [2.75, 3.05) is 5.32 Å². The summed E-state index contributed by atoms with van der Waals surface area (Å²) in [4.78, 5) is 11.3. The minimum atomic E-state index is -0.417. The average molecular weight is 280 g/mol. The van der Waals surface area contributed by atoms with Crippen molar-refractivity contribution in [3.05, 3.63) is 65.4 Å². The smallest absolute Gasteiger partial charge is 0.249 e. The number of rotatable bonds is 4. The van der Waals surface area contributed by atoms with E-state index < -0.39 is 5.91 Å². The average Bonchev–Trinajstić information content (AvgIpc) is 2.88. The second-order valence-corrected chi connectivity index (χ2v) is 4.95. The lowest BCUT2D eigenvalue weighted by Crippen LogP contribution is -2.13. The number of amides is 1. The molecule has 3 rings (SSSR count). The van der Waals surface area contributed by atoms with Crippen LogP contribution in [0.4, 0.5) is 5.69 Å². The van der Waals surface area contributed by atoms with Crippen molar-refractivity contribution >= 4 is 22.6 Å². The Labute approximate surface area is 122 Å². The zero-order valence-corrected chi connectivity index (χ0v) is 11.7. The number of para-hydroxylation sites is 1. The van der Waals surface area contributed by atoms with Gasteiger partial charge in [0.2, 0.25) is 5.91 Å². The van der Waals surface area contributed by atoms with E-state index in [0.717, 1.165) is 28.0 Å². The van der Waals surface area contributed by atoms with Crippen LogP contribution in [0.2, 0.25) is 0 Å². The molecule has 0 unspecified atom stereocenters. The fourth-order valence-electron chi connectivity index (χ4n) is 2.40. The highest BCUT2D eigenvalue weighted by Crippen LogP contribution is 2.22. The van der Waals surface area contributed by atoms with Crippen molar-refractivity contribution in [2.24, 2.45) is 5.73 Å². The molecule has 0 fully saturated rings. The first-order valence-corrected chi connectivity index (χ1v) is 6.76. The van der Waals surface area contributed by atoms with Crippen LogP contribution in [-0.4, -0.2) is 5.91 Å². The van der Waals surface area contributed by atoms with Crippen LogP contribution in [-0.2, 0) is 6.54 Å². The highest BCUT2D eigenvalue weighted by molar-refractivity contribution is 5.95. The van der Waals surface area contributed by atoms with Crippen LogP contribution in [0.25, 0.3) is 11.0 Å². The van der Waals surface area contributed by atoms with Crippen LogP contribution in [0.15, 0.2) is 52.9 Å². The summed E-state index contributed by atoms with van der Waals surface area (Å²) < 4.78 is 5.75. The fraction of sp³-hybridized carbons (Fsp3) is 0.118. The Kier molecular flexibility index (Phi) is 3.36. The molecule has 0 spiro atoms. The highest BCUT2D eigenvalue weighted by Gasteiger charge is 2.09. The maximum absolute atomic E-state index is 11.3. The van der Waals surface area contributed by atoms with Crippen molar-refractivity contribution in [1.82, 2.24) is 0 Å². The minimum absolute atomic E-state index is 0.417. The minimum Gasteiger partial charge on any atom is -0.459 e. The van der Waals surface area contributed by atoms with E-state index in [0.29, 0.717) is 12.1 Å². The first-order valence-electron chi connectivity index (χ1n) is 6.76. The molecule has 0 aliphatic rings. The number of nitrogens with two attached hydrogens (primary N) is 1. The normalized spacial score (nSPS) is 10.7. The van der Waals surface area contributed by atoms with Crippen LogP contribution >= 0.6 is 0 Å². The van der Waals surface area contributed by atoms with Gasteiger partial charge in [-0.1, -0.05) is 24.3 Å². The van der Waals surface area contributed by atoms with Crippen molar-refractivity contribution in [3.63, 3.8) is 0 Å². The van der Waals surface area contributed by atoms with Crippen molar-refractivity contribution < 1.29 is 9.21 Å². The van der Waals surface area contributed by atoms with Crippen molar-refractivity contribution in [2.45, 2.75) is 13.5 Å². The summed E-state index contributed by atoms with van der Waals surface area (Å²) in [6, 6.07) is 15.4. The maximum Gasteiger partial charge on any atom is 0.249 e. The monoisotopic (exact) mass is 280 g/mol. The number of furan rings is 1. The fourth-order valence-corrected chi connectivity index (χ4v) is 2.40. The lowest BCUT2D eigenvalue weighted by atomic mass is 10.1. The number of hydrogen-bond donors (Lipinski definition) is 2. The van der Waals surface area contributed by atoms with Gasteiger partial charge in [0.1, 0.15) is 11.3 Å². The van der Waals surface area contributed by atoms with Gasteiger partial charge >= 0.3 is 0 Å². The van der Waals surface area contributed by atoms with Crippen LogP contribution in [0.1, 0.15) is 21.7 Å². The summed E-state index contributed by atoms with van der Waals surface area (Å²) in [7, 11) is 0. The Morgan fingerprint density at radius 1 is 1.19 bits per heavy atom. The number of carbonyl (C=O) groups is 1. The molecule has 4 heteroatoms. The van der Waals surface area contributed by atoms with Gasteiger partial charge in [-0.2, -0.15) is 0 Å². The zero-order chi connectivity index (χ0) is 14.8. The second kappa shape index (κ2) is 5.32. The van der Waals surface area contributed by atoms with E-state index in [-0.39, 0.29) is 0 Å². The van der Waals surface area contributed by atoms with Gasteiger partial charge in [0.25, 0.3) is 0 Å². The quantitative estimate of drug-likeness (QED) is 0.769. The second-order valence-electron chi connectivity index (χ2n) is 4.95. The Hall–Kier alpha value is -2.75. The molecular weight excluding hydrogens is 264 g/mol. The van der Waals surface area contributed by atoms with E-state index in [1.165, 1.54) is 0 Å². The molecule has 0 aliphatic carbocycles. The van der Waals surface area contributed by atoms with Crippen molar-refractivity contribution in [1.29, 1.82) is 0 Å². The van der Waals surface area contributed by atoms with Crippen LogP contribution in [0.5, 0.6) is 0 Å². The van der Waals surface area contributed by atoms with Gasteiger partial charge in [0.15, 0.2) is 0 Å². The Bertz CT molecular complexity index is 772. The van der Waals surface area contributed by atoms with Gasteiger partial charge in [-0.05, 0) is 36.8 Å². The van der Waals surface area contributed by atoms with Gasteiger partial charge in [-0.3, -0.25) is 4.79 Å². The Balaban J connectivity index is 1.81. The molecule has 21 heavy (non-hydrogen) atoms. The molecule has 0 bridgehead atoms. The van der Waals surface area contributed by atoms with Crippen LogP contribution in [0.3, 0.4) is 0 Å². The third-order valence-electron chi connectivity index (χ3n) is 3.53. The maximum atomic E-state index is 11.3. The summed E-state index contributed by atoms with van der Waals surface area (Å²) in [5.74, 6) is 0.431. The molecule has 3 N–H and O–H groups in total. The van der Waals surface area contributed by atoms with Gasteiger partial charge in [0, 0.05) is 16.6 Å². The third-order valence-corrected chi connectivity index (χ3v) is 3.53. The molecule has 0 atom stereocenters. The molecule has 1 heterocycles. The zero-order valence-electron chi connectivity index (χ0n) is 11.7. The number of nitrogens with one attached hydrogen (secondary N) is 1. The number of hydrogen-bond acceptors (Lipinski definition) is 3. The first kappa shape index (κ1) is 13.2. The number of fused-ring (bicyclic) bond motifs is 1. The number of benzene rings is 2. The number of carbonyl (C=O) groups excluding carboxylic acids is 1. The van der Waals surface area contributed by atoms with E-state index >= 15 is 0 Å². The van der Waals surface area contributed by atoms with Gasteiger partial charge in [-0.25, -0.2) is 0 Å². The SMILES string of the molecule is Cc1c(NCc2cc3ccccc3o2)cccc1C(N)=O. The summed E-state index contributed by atoms with van der Waals surface area (Å²) in [5.41, 5.74) is 8.49. The predicted molar refractivity (Wildman–Crippen MR) is 83.2 cm³/mol. The van der Waals surface area contributed by atoms with E-state index in [2.05, 4.69) is 5.32 Å². The first-order chi connectivity index (χ1) is 10.1. The molecule has 106 valence electrons. The van der Waals surface area contributed by atoms with E-state index in [1.807, 2.05) is 49.4 Å². The van der Waals surface area contributed by atoms with Crippen molar-refractivity contribution in [3.8, 4) is 0 Å². The molecule has 0 saturated carbocycles. The lowest BCUT2D eigenvalue weighted by molar-refractivity contribution is 0.1000. The molecular formula is C17H16N2O2. The summed E-state index contributed by atoms with van der Waals surface area (Å²) >= 11 is 0. The lowest BCUT2D eigenvalue weighted by Gasteiger charge is -2.10. The number of primary amides is 1. The molecule has 3 aromatic rings. The van der Waals surface area contributed by atoms with Crippen LogP contribution in [0, 0.1) is 6.92 Å². The molecule has 0 saturated heterocycles. The summed E-state index contributed by atoms with van der Waals surface area (Å²) in [5, 5.41) is 4.36. The molecule has 0 aliphatic heterocycles. The van der Waals surface area contributed by atoms with E-state index in [9.17, 15) is 4.79 Å². The standard InChI is InChI=1S/C17H16N2O2/c1-11-14(17(18)20)6-4-7-15(11)19-10-13-9-12-5-2-3-8-16(12)21-13/h2-9,19H,10H2,1H3,(H2,18,20). The largest absolute Gasteiger partial charge is 0.459 e. The van der Waals surface area contributed by atoms with E-state index in [4.69, 9.17) is 10.2 Å². The highest BCUT2D eigenvalue weighted by atomic mass is 16.3. The third kappa shape index (κ3) is 2.60. The Morgan fingerprint density at radius 2 is 2.00 bits per heavy atom. The van der Waals surface area contributed by atoms with Gasteiger partial charge in [0.05, 0.1) is 6.54 Å². The van der Waals surface area contributed by atoms with E-state index in [1.54, 1.807) is 6.07 Å². The topological polar surface area (TPSA) is 68.3 Å². The van der Waals surface area contributed by atoms with Gasteiger partial charge in [-0.15, -0.1) is 0 Å². The Morgan fingerprint density at radius 3 is 2.76 bits per heavy atom.